The summed E-state index contributed by atoms with van der Waals surface area (Å²) >= 11 is 0. The SMILES string of the molecule is CCCCCC(O)(O)C=C(C)C(=O)O. The fourth-order valence-electron chi connectivity index (χ4n) is 1.12. The van der Waals surface area contributed by atoms with Crippen LogP contribution in [0.1, 0.15) is 39.5 Å². The Morgan fingerprint density at radius 3 is 2.36 bits per heavy atom. The molecule has 0 unspecified atom stereocenters. The van der Waals surface area contributed by atoms with Gasteiger partial charge in [0.2, 0.25) is 0 Å². The van der Waals surface area contributed by atoms with Gasteiger partial charge in [0.15, 0.2) is 5.79 Å². The van der Waals surface area contributed by atoms with Crippen LogP contribution in [0.4, 0.5) is 0 Å². The zero-order valence-electron chi connectivity index (χ0n) is 8.66. The van der Waals surface area contributed by atoms with Crippen LogP contribution in [0.25, 0.3) is 0 Å². The third-order valence-corrected chi connectivity index (χ3v) is 1.93. The minimum Gasteiger partial charge on any atom is -0.478 e. The van der Waals surface area contributed by atoms with Crippen LogP contribution >= 0.6 is 0 Å². The number of hydrogen-bond donors (Lipinski definition) is 3. The number of carboxylic acids is 1. The van der Waals surface area contributed by atoms with E-state index in [1.165, 1.54) is 6.92 Å². The molecule has 3 N–H and O–H groups in total. The monoisotopic (exact) mass is 202 g/mol. The molecule has 0 atom stereocenters. The second-order valence-electron chi connectivity index (χ2n) is 3.47. The Morgan fingerprint density at radius 2 is 1.93 bits per heavy atom. The molecule has 82 valence electrons. The fraction of sp³-hybridized carbons (Fsp3) is 0.700. The predicted molar refractivity (Wildman–Crippen MR) is 52.7 cm³/mol. The zero-order chi connectivity index (χ0) is 11.2. The summed E-state index contributed by atoms with van der Waals surface area (Å²) in [6.45, 7) is 3.35. The van der Waals surface area contributed by atoms with Gasteiger partial charge in [-0.25, -0.2) is 4.79 Å². The molecule has 0 aliphatic carbocycles. The van der Waals surface area contributed by atoms with Crippen LogP contribution < -0.4 is 0 Å². The van der Waals surface area contributed by atoms with Crippen molar-refractivity contribution in [1.82, 2.24) is 0 Å². The molecule has 0 aromatic heterocycles. The summed E-state index contributed by atoms with van der Waals surface area (Å²) in [4.78, 5) is 10.4. The van der Waals surface area contributed by atoms with Crippen LogP contribution in [-0.4, -0.2) is 27.1 Å². The average Bonchev–Trinajstić information content (AvgIpc) is 2.03. The van der Waals surface area contributed by atoms with Gasteiger partial charge in [-0.1, -0.05) is 19.8 Å². The Labute approximate surface area is 83.9 Å². The van der Waals surface area contributed by atoms with E-state index in [-0.39, 0.29) is 12.0 Å². The van der Waals surface area contributed by atoms with Crippen molar-refractivity contribution >= 4 is 5.97 Å². The standard InChI is InChI=1S/C10H18O4/c1-3-4-5-6-10(13,14)7-8(2)9(11)12/h7,13-14H,3-6H2,1-2H3,(H,11,12). The van der Waals surface area contributed by atoms with Gasteiger partial charge in [-0.15, -0.1) is 0 Å². The van der Waals surface area contributed by atoms with Crippen molar-refractivity contribution in [3.8, 4) is 0 Å². The first kappa shape index (κ1) is 13.1. The number of carboxylic acid groups (broad SMARTS) is 1. The predicted octanol–water partition coefficient (Wildman–Crippen LogP) is 1.28. The van der Waals surface area contributed by atoms with Crippen molar-refractivity contribution in [2.75, 3.05) is 0 Å². The van der Waals surface area contributed by atoms with Crippen molar-refractivity contribution in [3.05, 3.63) is 11.6 Å². The summed E-state index contributed by atoms with van der Waals surface area (Å²) < 4.78 is 0. The Bertz CT molecular complexity index is 218. The second-order valence-corrected chi connectivity index (χ2v) is 3.47. The van der Waals surface area contributed by atoms with E-state index in [0.29, 0.717) is 6.42 Å². The summed E-state index contributed by atoms with van der Waals surface area (Å²) in [7, 11) is 0. The Hall–Kier alpha value is -0.870. The first-order chi connectivity index (χ1) is 6.39. The summed E-state index contributed by atoms with van der Waals surface area (Å²) in [5, 5.41) is 27.3. The van der Waals surface area contributed by atoms with E-state index in [2.05, 4.69) is 0 Å². The molecular weight excluding hydrogens is 184 g/mol. The van der Waals surface area contributed by atoms with E-state index in [9.17, 15) is 15.0 Å². The molecule has 4 nitrogen and oxygen atoms in total. The lowest BCUT2D eigenvalue weighted by Gasteiger charge is -2.17. The Kier molecular flexibility index (Phi) is 5.42. The number of unbranched alkanes of at least 4 members (excludes halogenated alkanes) is 2. The smallest absolute Gasteiger partial charge is 0.331 e. The quantitative estimate of drug-likeness (QED) is 0.344. The number of carbonyl (C=O) groups is 1. The van der Waals surface area contributed by atoms with Gasteiger partial charge < -0.3 is 15.3 Å². The maximum Gasteiger partial charge on any atom is 0.331 e. The zero-order valence-corrected chi connectivity index (χ0v) is 8.66. The maximum atomic E-state index is 10.4. The average molecular weight is 202 g/mol. The van der Waals surface area contributed by atoms with Gasteiger partial charge in [0.1, 0.15) is 0 Å². The topological polar surface area (TPSA) is 77.8 Å². The highest BCUT2D eigenvalue weighted by Gasteiger charge is 2.20. The summed E-state index contributed by atoms with van der Waals surface area (Å²) in [5.41, 5.74) is -0.0495. The van der Waals surface area contributed by atoms with Crippen molar-refractivity contribution < 1.29 is 20.1 Å². The molecular formula is C10H18O4. The summed E-state index contributed by atoms with van der Waals surface area (Å²) in [6.07, 6.45) is 3.71. The van der Waals surface area contributed by atoms with Gasteiger partial charge in [0.25, 0.3) is 0 Å². The third-order valence-electron chi connectivity index (χ3n) is 1.93. The molecule has 4 heteroatoms. The lowest BCUT2D eigenvalue weighted by atomic mass is 10.1. The highest BCUT2D eigenvalue weighted by Crippen LogP contribution is 2.15. The number of aliphatic carboxylic acids is 1. The first-order valence-corrected chi connectivity index (χ1v) is 4.76. The van der Waals surface area contributed by atoms with Gasteiger partial charge in [-0.3, -0.25) is 0 Å². The Morgan fingerprint density at radius 1 is 1.36 bits per heavy atom. The number of aliphatic hydroxyl groups is 2. The van der Waals surface area contributed by atoms with Crippen LogP contribution in [-0.2, 0) is 4.79 Å². The minimum absolute atomic E-state index is 0.0495. The molecule has 0 aromatic carbocycles. The molecule has 0 saturated heterocycles. The van der Waals surface area contributed by atoms with Gasteiger partial charge in [-0.2, -0.15) is 0 Å². The van der Waals surface area contributed by atoms with Gasteiger partial charge >= 0.3 is 5.97 Å². The third kappa shape index (κ3) is 5.72. The molecule has 0 fully saturated rings. The lowest BCUT2D eigenvalue weighted by molar-refractivity contribution is -0.136. The van der Waals surface area contributed by atoms with E-state index < -0.39 is 11.8 Å². The molecule has 0 aliphatic heterocycles. The van der Waals surface area contributed by atoms with Crippen LogP contribution in [0.15, 0.2) is 11.6 Å². The molecule has 0 radical (unpaired) electrons. The molecule has 0 rings (SSSR count). The molecule has 0 saturated carbocycles. The largest absolute Gasteiger partial charge is 0.478 e. The normalized spacial score (nSPS) is 13.0. The van der Waals surface area contributed by atoms with E-state index in [4.69, 9.17) is 5.11 Å². The van der Waals surface area contributed by atoms with E-state index >= 15 is 0 Å². The molecule has 14 heavy (non-hydrogen) atoms. The van der Waals surface area contributed by atoms with Crippen LogP contribution in [0, 0.1) is 0 Å². The molecule has 0 aliphatic rings. The van der Waals surface area contributed by atoms with Crippen LogP contribution in [0.3, 0.4) is 0 Å². The minimum atomic E-state index is -1.99. The highest BCUT2D eigenvalue weighted by molar-refractivity contribution is 5.85. The highest BCUT2D eigenvalue weighted by atomic mass is 16.5. The lowest BCUT2D eigenvalue weighted by Crippen LogP contribution is -2.26. The Balaban J connectivity index is 4.18. The molecule has 0 heterocycles. The fourth-order valence-corrected chi connectivity index (χ4v) is 1.12. The first-order valence-electron chi connectivity index (χ1n) is 4.76. The van der Waals surface area contributed by atoms with E-state index in [0.717, 1.165) is 18.9 Å². The van der Waals surface area contributed by atoms with Gasteiger partial charge in [0, 0.05) is 12.0 Å². The van der Waals surface area contributed by atoms with Crippen molar-refractivity contribution in [2.45, 2.75) is 45.3 Å². The van der Waals surface area contributed by atoms with Crippen LogP contribution in [0.2, 0.25) is 0 Å². The van der Waals surface area contributed by atoms with Crippen LogP contribution in [0.5, 0.6) is 0 Å². The van der Waals surface area contributed by atoms with Crippen molar-refractivity contribution in [2.24, 2.45) is 0 Å². The maximum absolute atomic E-state index is 10.4. The number of rotatable bonds is 6. The molecule has 0 bridgehead atoms. The van der Waals surface area contributed by atoms with Gasteiger partial charge in [-0.05, 0) is 19.4 Å². The van der Waals surface area contributed by atoms with Crippen molar-refractivity contribution in [3.63, 3.8) is 0 Å². The summed E-state index contributed by atoms with van der Waals surface area (Å²) in [5.74, 6) is -3.12. The number of hydrogen-bond acceptors (Lipinski definition) is 3. The van der Waals surface area contributed by atoms with E-state index in [1.54, 1.807) is 0 Å². The molecule has 0 amide bonds. The molecule has 0 aromatic rings. The van der Waals surface area contributed by atoms with E-state index in [1.807, 2.05) is 6.92 Å². The van der Waals surface area contributed by atoms with Crippen molar-refractivity contribution in [1.29, 1.82) is 0 Å². The molecule has 0 spiro atoms. The van der Waals surface area contributed by atoms with Gasteiger partial charge in [0.05, 0.1) is 0 Å². The summed E-state index contributed by atoms with van der Waals surface area (Å²) in [6, 6.07) is 0. The second kappa shape index (κ2) is 5.78.